The lowest BCUT2D eigenvalue weighted by molar-refractivity contribution is -0.134. The number of hydrogen-bond acceptors (Lipinski definition) is 5. The van der Waals surface area contributed by atoms with E-state index >= 15 is 0 Å². The number of carbonyl (C=O) groups is 1. The Labute approximate surface area is 144 Å². The molecule has 0 aliphatic rings. The van der Waals surface area contributed by atoms with E-state index in [0.717, 1.165) is 5.56 Å². The lowest BCUT2D eigenvalue weighted by atomic mass is 10.1. The van der Waals surface area contributed by atoms with Crippen LogP contribution in [-0.2, 0) is 9.53 Å². The predicted molar refractivity (Wildman–Crippen MR) is 96.8 cm³/mol. The Morgan fingerprint density at radius 2 is 1.76 bits per heavy atom. The Bertz CT molecular complexity index is 1030. The minimum atomic E-state index is -0.449. The molecule has 0 saturated carbocycles. The molecular weight excluding hydrogens is 320 g/mol. The monoisotopic (exact) mass is 338 g/mol. The molecule has 0 spiro atoms. The minimum Gasteiger partial charge on any atom is -0.491 e. The molecule has 0 fully saturated rings. The van der Waals surface area contributed by atoms with Gasteiger partial charge < -0.3 is 13.9 Å². The fraction of sp³-hybridized carbons (Fsp3) is 0.200. The third-order valence-corrected chi connectivity index (χ3v) is 3.65. The largest absolute Gasteiger partial charge is 0.491 e. The number of carbonyl (C=O) groups excluding carboxylic acids is 1. The molecule has 0 bridgehead atoms. The van der Waals surface area contributed by atoms with Crippen LogP contribution in [-0.4, -0.2) is 19.2 Å². The summed E-state index contributed by atoms with van der Waals surface area (Å²) < 4.78 is 16.1. The van der Waals surface area contributed by atoms with Crippen molar-refractivity contribution in [3.8, 4) is 5.75 Å². The molecule has 128 valence electrons. The number of hydrogen-bond donors (Lipinski definition) is 0. The minimum absolute atomic E-state index is 0.0275. The topological polar surface area (TPSA) is 65.7 Å². The third kappa shape index (κ3) is 3.55. The summed E-state index contributed by atoms with van der Waals surface area (Å²) in [5, 5.41) is 0.988. The van der Waals surface area contributed by atoms with Crippen molar-refractivity contribution in [3.05, 3.63) is 58.3 Å². The smallest absolute Gasteiger partial charge is 0.330 e. The van der Waals surface area contributed by atoms with Gasteiger partial charge in [-0.25, -0.2) is 4.79 Å². The van der Waals surface area contributed by atoms with E-state index in [9.17, 15) is 9.59 Å². The van der Waals surface area contributed by atoms with Gasteiger partial charge in [-0.05, 0) is 49.8 Å². The van der Waals surface area contributed by atoms with Crippen molar-refractivity contribution in [3.63, 3.8) is 0 Å². The summed E-state index contributed by atoms with van der Waals surface area (Å²) in [6.07, 6.45) is 2.95. The van der Waals surface area contributed by atoms with Gasteiger partial charge in [-0.2, -0.15) is 0 Å². The number of rotatable bonds is 4. The van der Waals surface area contributed by atoms with Crippen molar-refractivity contribution in [1.29, 1.82) is 0 Å². The summed E-state index contributed by atoms with van der Waals surface area (Å²) in [6.45, 7) is 3.86. The predicted octanol–water partition coefficient (Wildman–Crippen LogP) is 3.92. The van der Waals surface area contributed by atoms with E-state index in [1.54, 1.807) is 42.5 Å². The van der Waals surface area contributed by atoms with Crippen LogP contribution >= 0.6 is 0 Å². The second-order valence-electron chi connectivity index (χ2n) is 5.87. The molecule has 0 aliphatic heterocycles. The average Bonchev–Trinajstić information content (AvgIpc) is 2.58. The Morgan fingerprint density at radius 1 is 1.08 bits per heavy atom. The van der Waals surface area contributed by atoms with Crippen molar-refractivity contribution < 1.29 is 18.7 Å². The fourth-order valence-electron chi connectivity index (χ4n) is 2.53. The van der Waals surface area contributed by atoms with E-state index in [-0.39, 0.29) is 11.5 Å². The van der Waals surface area contributed by atoms with Crippen LogP contribution in [0.2, 0.25) is 0 Å². The van der Waals surface area contributed by atoms with Gasteiger partial charge in [-0.3, -0.25) is 4.79 Å². The quantitative estimate of drug-likeness (QED) is 0.410. The first-order valence-electron chi connectivity index (χ1n) is 7.91. The highest BCUT2D eigenvalue weighted by molar-refractivity contribution is 5.92. The lowest BCUT2D eigenvalue weighted by Gasteiger charge is -2.10. The summed E-state index contributed by atoms with van der Waals surface area (Å²) in [4.78, 5) is 23.9. The van der Waals surface area contributed by atoms with Crippen LogP contribution < -0.4 is 10.2 Å². The molecule has 0 amide bonds. The zero-order chi connectivity index (χ0) is 18.0. The fourth-order valence-corrected chi connectivity index (χ4v) is 2.53. The molecule has 1 heterocycles. The third-order valence-electron chi connectivity index (χ3n) is 3.65. The zero-order valence-corrected chi connectivity index (χ0v) is 14.2. The maximum atomic E-state index is 12.7. The average molecular weight is 338 g/mol. The molecule has 0 aliphatic carbocycles. The standard InChI is InChI=1S/C20H18O5/c1-12(2)24-14-6-8-16-18(11-14)25-17-10-13(5-9-19(21)23-3)4-7-15(17)20(16)22/h4-12H,1-3H3/b9-5+. The van der Waals surface area contributed by atoms with Gasteiger partial charge in [-0.1, -0.05) is 6.07 Å². The Balaban J connectivity index is 2.12. The van der Waals surface area contributed by atoms with Crippen molar-refractivity contribution in [2.45, 2.75) is 20.0 Å². The summed E-state index contributed by atoms with van der Waals surface area (Å²) in [7, 11) is 1.31. The van der Waals surface area contributed by atoms with Crippen molar-refractivity contribution in [2.75, 3.05) is 7.11 Å². The van der Waals surface area contributed by atoms with E-state index in [2.05, 4.69) is 4.74 Å². The summed E-state index contributed by atoms with van der Waals surface area (Å²) in [5.74, 6) is 0.197. The van der Waals surface area contributed by atoms with Crippen LogP contribution in [0, 0.1) is 0 Å². The summed E-state index contributed by atoms with van der Waals surface area (Å²) in [6, 6.07) is 10.3. The summed E-state index contributed by atoms with van der Waals surface area (Å²) in [5.41, 5.74) is 1.54. The molecule has 0 atom stereocenters. The van der Waals surface area contributed by atoms with Crippen LogP contribution in [0.25, 0.3) is 28.0 Å². The number of methoxy groups -OCH3 is 1. The Morgan fingerprint density at radius 3 is 2.44 bits per heavy atom. The van der Waals surface area contributed by atoms with E-state index < -0.39 is 5.97 Å². The van der Waals surface area contributed by atoms with Crippen LogP contribution in [0.1, 0.15) is 19.4 Å². The lowest BCUT2D eigenvalue weighted by Crippen LogP contribution is -2.06. The highest BCUT2D eigenvalue weighted by Gasteiger charge is 2.10. The molecule has 2 aromatic carbocycles. The molecule has 3 aromatic rings. The molecule has 5 heteroatoms. The first-order chi connectivity index (χ1) is 12.0. The van der Waals surface area contributed by atoms with Gasteiger partial charge in [0, 0.05) is 12.1 Å². The first-order valence-corrected chi connectivity index (χ1v) is 7.91. The van der Waals surface area contributed by atoms with Gasteiger partial charge in [0.1, 0.15) is 16.9 Å². The molecule has 25 heavy (non-hydrogen) atoms. The SMILES string of the molecule is COC(=O)/C=C/c1ccc2c(=O)c3ccc(OC(C)C)cc3oc2c1. The van der Waals surface area contributed by atoms with Crippen molar-refractivity contribution >= 4 is 34.0 Å². The first kappa shape index (κ1) is 16.8. The van der Waals surface area contributed by atoms with E-state index in [1.165, 1.54) is 13.2 Å². The maximum Gasteiger partial charge on any atom is 0.330 e. The van der Waals surface area contributed by atoms with Crippen molar-refractivity contribution in [2.24, 2.45) is 0 Å². The Kier molecular flexibility index (Phi) is 4.57. The molecule has 0 saturated heterocycles. The summed E-state index contributed by atoms with van der Waals surface area (Å²) >= 11 is 0. The maximum absolute atomic E-state index is 12.7. The molecule has 1 aromatic heterocycles. The molecule has 0 unspecified atom stereocenters. The Hall–Kier alpha value is -3.08. The zero-order valence-electron chi connectivity index (χ0n) is 14.2. The second kappa shape index (κ2) is 6.81. The van der Waals surface area contributed by atoms with Gasteiger partial charge in [0.2, 0.25) is 5.43 Å². The van der Waals surface area contributed by atoms with Gasteiger partial charge in [0.15, 0.2) is 0 Å². The molecule has 3 rings (SSSR count). The number of fused-ring (bicyclic) bond motifs is 2. The van der Waals surface area contributed by atoms with Gasteiger partial charge >= 0.3 is 5.97 Å². The van der Waals surface area contributed by atoms with Gasteiger partial charge in [0.05, 0.1) is 24.0 Å². The second-order valence-corrected chi connectivity index (χ2v) is 5.87. The van der Waals surface area contributed by atoms with Crippen LogP contribution in [0.15, 0.2) is 51.7 Å². The highest BCUT2D eigenvalue weighted by atomic mass is 16.5. The molecular formula is C20H18O5. The normalized spacial score (nSPS) is 11.5. The van der Waals surface area contributed by atoms with E-state index in [1.807, 2.05) is 13.8 Å². The van der Waals surface area contributed by atoms with E-state index in [0.29, 0.717) is 27.7 Å². The number of ether oxygens (including phenoxy) is 2. The highest BCUT2D eigenvalue weighted by Crippen LogP contribution is 2.24. The van der Waals surface area contributed by atoms with Crippen LogP contribution in [0.5, 0.6) is 5.75 Å². The van der Waals surface area contributed by atoms with Gasteiger partial charge in [0.25, 0.3) is 0 Å². The number of benzene rings is 2. The number of esters is 1. The van der Waals surface area contributed by atoms with Crippen LogP contribution in [0.4, 0.5) is 0 Å². The molecule has 0 radical (unpaired) electrons. The van der Waals surface area contributed by atoms with Crippen LogP contribution in [0.3, 0.4) is 0 Å². The van der Waals surface area contributed by atoms with Crippen molar-refractivity contribution in [1.82, 2.24) is 0 Å². The molecule has 5 nitrogen and oxygen atoms in total. The molecule has 0 N–H and O–H groups in total. The van der Waals surface area contributed by atoms with Gasteiger partial charge in [-0.15, -0.1) is 0 Å². The van der Waals surface area contributed by atoms with E-state index in [4.69, 9.17) is 9.15 Å².